The molecule has 1 aromatic heterocycles. The van der Waals surface area contributed by atoms with Crippen molar-refractivity contribution in [1.29, 1.82) is 5.26 Å². The van der Waals surface area contributed by atoms with Gasteiger partial charge < -0.3 is 18.9 Å². The first-order chi connectivity index (χ1) is 11.9. The zero-order chi connectivity index (χ0) is 18.6. The van der Waals surface area contributed by atoms with Crippen molar-refractivity contribution >= 4 is 12.0 Å². The number of amides is 1. The summed E-state index contributed by atoms with van der Waals surface area (Å²) in [6.07, 6.45) is 1.69. The second-order valence-electron chi connectivity index (χ2n) is 6.60. The third-order valence-electron chi connectivity index (χ3n) is 4.55. The van der Waals surface area contributed by atoms with Crippen LogP contribution >= 0.6 is 0 Å². The second-order valence-corrected chi connectivity index (χ2v) is 6.60. The lowest BCUT2D eigenvalue weighted by atomic mass is 10.1. The lowest BCUT2D eigenvalue weighted by molar-refractivity contribution is -0.133. The van der Waals surface area contributed by atoms with Crippen molar-refractivity contribution in [2.45, 2.75) is 39.8 Å². The summed E-state index contributed by atoms with van der Waals surface area (Å²) < 4.78 is 12.9. The van der Waals surface area contributed by atoms with Gasteiger partial charge in [0.15, 0.2) is 0 Å². The van der Waals surface area contributed by atoms with Gasteiger partial charge in [0.2, 0.25) is 0 Å². The molecule has 1 aliphatic rings. The van der Waals surface area contributed by atoms with Gasteiger partial charge >= 0.3 is 0 Å². The molecule has 1 saturated heterocycles. The van der Waals surface area contributed by atoms with Gasteiger partial charge in [-0.3, -0.25) is 4.79 Å². The van der Waals surface area contributed by atoms with Crippen LogP contribution in [0.5, 0.6) is 0 Å². The van der Waals surface area contributed by atoms with E-state index in [1.807, 2.05) is 26.8 Å². The number of aryl methyl sites for hydroxylation is 1. The molecule has 0 aliphatic carbocycles. The van der Waals surface area contributed by atoms with E-state index < -0.39 is 0 Å². The molecule has 2 unspecified atom stereocenters. The minimum Gasteiger partial charge on any atom is -0.383 e. The number of carbonyl (C=O) groups is 1. The molecule has 6 heteroatoms. The van der Waals surface area contributed by atoms with E-state index in [1.165, 1.54) is 0 Å². The highest BCUT2D eigenvalue weighted by Crippen LogP contribution is 2.23. The lowest BCUT2D eigenvalue weighted by Gasteiger charge is -2.30. The topological polar surface area (TPSA) is 67.5 Å². The first kappa shape index (κ1) is 19.2. The molecule has 0 spiro atoms. The Morgan fingerprint density at radius 3 is 2.88 bits per heavy atom. The quantitative estimate of drug-likeness (QED) is 0.607. The molecule has 25 heavy (non-hydrogen) atoms. The zero-order valence-electron chi connectivity index (χ0n) is 15.7. The summed E-state index contributed by atoms with van der Waals surface area (Å²) in [6, 6.07) is 4.26. The zero-order valence-corrected chi connectivity index (χ0v) is 15.7. The number of morpholine rings is 1. The molecule has 0 bridgehead atoms. The normalized spacial score (nSPS) is 19.6. The Kier molecular flexibility index (Phi) is 6.40. The van der Waals surface area contributed by atoms with E-state index in [0.717, 1.165) is 17.0 Å². The largest absolute Gasteiger partial charge is 0.383 e. The van der Waals surface area contributed by atoms with Gasteiger partial charge in [0.05, 0.1) is 25.4 Å². The van der Waals surface area contributed by atoms with Gasteiger partial charge in [-0.25, -0.2) is 0 Å². The number of rotatable bonds is 5. The van der Waals surface area contributed by atoms with Crippen LogP contribution in [0, 0.1) is 25.2 Å². The molecule has 0 N–H and O–H groups in total. The van der Waals surface area contributed by atoms with Crippen LogP contribution in [0.2, 0.25) is 0 Å². The average molecular weight is 345 g/mol. The third-order valence-corrected chi connectivity index (χ3v) is 4.55. The summed E-state index contributed by atoms with van der Waals surface area (Å²) in [5.74, 6) is -0.229. The Labute approximate surface area is 149 Å². The van der Waals surface area contributed by atoms with Gasteiger partial charge in [0.25, 0.3) is 5.91 Å². The fraction of sp³-hybridized carbons (Fsp3) is 0.579. The van der Waals surface area contributed by atoms with Crippen molar-refractivity contribution in [2.75, 3.05) is 33.4 Å². The third kappa shape index (κ3) is 4.30. The summed E-state index contributed by atoms with van der Waals surface area (Å²) >= 11 is 0. The number of ether oxygens (including phenoxy) is 2. The Balaban J connectivity index is 2.29. The van der Waals surface area contributed by atoms with E-state index in [0.29, 0.717) is 26.3 Å². The Bertz CT molecular complexity index is 700. The van der Waals surface area contributed by atoms with Crippen molar-refractivity contribution in [3.05, 3.63) is 28.6 Å². The minimum absolute atomic E-state index is 0.00222. The van der Waals surface area contributed by atoms with Gasteiger partial charge in [-0.15, -0.1) is 0 Å². The Morgan fingerprint density at radius 1 is 1.56 bits per heavy atom. The first-order valence-corrected chi connectivity index (χ1v) is 8.59. The maximum atomic E-state index is 12.7. The smallest absolute Gasteiger partial charge is 0.264 e. The van der Waals surface area contributed by atoms with Crippen LogP contribution in [0.4, 0.5) is 0 Å². The number of hydrogen-bond donors (Lipinski definition) is 0. The number of methoxy groups -OCH3 is 1. The van der Waals surface area contributed by atoms with E-state index >= 15 is 0 Å². The fourth-order valence-corrected chi connectivity index (χ4v) is 3.41. The van der Waals surface area contributed by atoms with Crippen LogP contribution in [-0.2, 0) is 14.3 Å². The van der Waals surface area contributed by atoms with Crippen molar-refractivity contribution in [3.63, 3.8) is 0 Å². The molecule has 6 nitrogen and oxygen atoms in total. The lowest BCUT2D eigenvalue weighted by Crippen LogP contribution is -2.44. The Hall–Kier alpha value is -2.10. The molecule has 2 atom stereocenters. The summed E-state index contributed by atoms with van der Waals surface area (Å²) in [7, 11) is 1.68. The molecule has 0 radical (unpaired) electrons. The summed E-state index contributed by atoms with van der Waals surface area (Å²) in [5.41, 5.74) is 3.16. The average Bonchev–Trinajstić information content (AvgIpc) is 2.86. The van der Waals surface area contributed by atoms with Crippen LogP contribution < -0.4 is 0 Å². The van der Waals surface area contributed by atoms with Gasteiger partial charge in [-0.05, 0) is 45.4 Å². The van der Waals surface area contributed by atoms with E-state index in [2.05, 4.69) is 17.6 Å². The highest BCUT2D eigenvalue weighted by molar-refractivity contribution is 6.01. The molecular weight excluding hydrogens is 318 g/mol. The Morgan fingerprint density at radius 2 is 2.28 bits per heavy atom. The fourth-order valence-electron chi connectivity index (χ4n) is 3.41. The van der Waals surface area contributed by atoms with Gasteiger partial charge in [-0.1, -0.05) is 0 Å². The molecule has 1 amide bonds. The predicted octanol–water partition coefficient (Wildman–Crippen LogP) is 2.47. The minimum atomic E-state index is -0.229. The van der Waals surface area contributed by atoms with Crippen molar-refractivity contribution in [3.8, 4) is 6.07 Å². The molecule has 1 aliphatic heterocycles. The molecule has 2 rings (SSSR count). The summed E-state index contributed by atoms with van der Waals surface area (Å²) in [5, 5.41) is 9.49. The number of nitriles is 1. The molecule has 136 valence electrons. The number of nitrogens with zero attached hydrogens (tertiary/aromatic N) is 3. The second kappa shape index (κ2) is 8.32. The summed E-state index contributed by atoms with van der Waals surface area (Å²) in [4.78, 5) is 14.4. The molecule has 2 heterocycles. The van der Waals surface area contributed by atoms with Gasteiger partial charge in [-0.2, -0.15) is 5.26 Å². The van der Waals surface area contributed by atoms with Crippen LogP contribution in [0.1, 0.15) is 36.8 Å². The van der Waals surface area contributed by atoms with E-state index in [-0.39, 0.29) is 23.6 Å². The van der Waals surface area contributed by atoms with Crippen LogP contribution in [-0.4, -0.2) is 54.9 Å². The van der Waals surface area contributed by atoms with Crippen LogP contribution in [0.25, 0.3) is 6.08 Å². The van der Waals surface area contributed by atoms with Crippen LogP contribution in [0.3, 0.4) is 0 Å². The van der Waals surface area contributed by atoms with Crippen molar-refractivity contribution < 1.29 is 14.3 Å². The molecule has 1 aromatic rings. The summed E-state index contributed by atoms with van der Waals surface area (Å²) in [6.45, 7) is 10.2. The van der Waals surface area contributed by atoms with E-state index in [4.69, 9.17) is 9.47 Å². The monoisotopic (exact) mass is 345 g/mol. The van der Waals surface area contributed by atoms with Crippen molar-refractivity contribution in [1.82, 2.24) is 9.47 Å². The molecule has 1 fully saturated rings. The SMILES string of the molecule is COCC(C)n1c(C)cc(/C=C(\C#N)C(=O)N2CCOC(C)C2)c1C. The highest BCUT2D eigenvalue weighted by Gasteiger charge is 2.24. The molecular formula is C19H27N3O3. The van der Waals surface area contributed by atoms with E-state index in [9.17, 15) is 10.1 Å². The van der Waals surface area contributed by atoms with Gasteiger partial charge in [0, 0.05) is 31.6 Å². The molecule has 0 aromatic carbocycles. The number of carbonyl (C=O) groups excluding carboxylic acids is 1. The van der Waals surface area contributed by atoms with E-state index in [1.54, 1.807) is 18.1 Å². The van der Waals surface area contributed by atoms with Crippen molar-refractivity contribution in [2.24, 2.45) is 0 Å². The maximum Gasteiger partial charge on any atom is 0.264 e. The van der Waals surface area contributed by atoms with Crippen LogP contribution in [0.15, 0.2) is 11.6 Å². The molecule has 0 saturated carbocycles. The standard InChI is InChI=1S/C19H27N3O3/c1-13-8-17(16(4)22(13)14(2)12-24-5)9-18(10-20)19(23)21-6-7-25-15(3)11-21/h8-9,14-15H,6-7,11-12H2,1-5H3/b18-9+. The number of hydrogen-bond acceptors (Lipinski definition) is 4. The maximum absolute atomic E-state index is 12.7. The first-order valence-electron chi connectivity index (χ1n) is 8.59. The highest BCUT2D eigenvalue weighted by atomic mass is 16.5. The number of aromatic nitrogens is 1. The predicted molar refractivity (Wildman–Crippen MR) is 96.1 cm³/mol. The van der Waals surface area contributed by atoms with Gasteiger partial charge in [0.1, 0.15) is 11.6 Å².